The molecule has 0 bridgehead atoms. The van der Waals surface area contributed by atoms with E-state index >= 15 is 0 Å². The number of nitrogens with one attached hydrogen (secondary N) is 1. The Labute approximate surface area is 103 Å². The quantitative estimate of drug-likeness (QED) is 0.835. The molecule has 0 spiro atoms. The summed E-state index contributed by atoms with van der Waals surface area (Å²) in [5, 5.41) is 11.8. The third-order valence-corrected chi connectivity index (χ3v) is 2.92. The van der Waals surface area contributed by atoms with E-state index in [-0.39, 0.29) is 5.91 Å². The molecular weight excluding hydrogens is 272 g/mol. The van der Waals surface area contributed by atoms with E-state index in [4.69, 9.17) is 5.11 Å². The van der Waals surface area contributed by atoms with E-state index in [1.807, 2.05) is 13.0 Å². The number of aryl methyl sites for hydroxylation is 1. The standard InChI is InChI=1S/C11H15BrN2O2/c1-7-5-9(6-13-11(7)12)14-10(16)4-3-8(2)15/h5-6,8,15H,3-4H2,1-2H3,(H,14,16). The zero-order valence-corrected chi connectivity index (χ0v) is 10.9. The number of halogens is 1. The van der Waals surface area contributed by atoms with Crippen LogP contribution in [0.3, 0.4) is 0 Å². The maximum Gasteiger partial charge on any atom is 0.224 e. The molecule has 0 aliphatic heterocycles. The van der Waals surface area contributed by atoms with Gasteiger partial charge in [-0.15, -0.1) is 0 Å². The van der Waals surface area contributed by atoms with E-state index in [2.05, 4.69) is 26.2 Å². The molecule has 0 radical (unpaired) electrons. The summed E-state index contributed by atoms with van der Waals surface area (Å²) in [6.45, 7) is 3.57. The van der Waals surface area contributed by atoms with Crippen molar-refractivity contribution in [3.05, 3.63) is 22.4 Å². The van der Waals surface area contributed by atoms with Gasteiger partial charge in [-0.2, -0.15) is 0 Å². The smallest absolute Gasteiger partial charge is 0.224 e. The van der Waals surface area contributed by atoms with Crippen molar-refractivity contribution in [2.45, 2.75) is 32.8 Å². The summed E-state index contributed by atoms with van der Waals surface area (Å²) in [6.07, 6.45) is 1.93. The number of hydrogen-bond donors (Lipinski definition) is 2. The van der Waals surface area contributed by atoms with Gasteiger partial charge in [-0.1, -0.05) is 0 Å². The lowest BCUT2D eigenvalue weighted by Crippen LogP contribution is -2.14. The fraction of sp³-hybridized carbons (Fsp3) is 0.455. The average molecular weight is 287 g/mol. The highest BCUT2D eigenvalue weighted by molar-refractivity contribution is 9.10. The topological polar surface area (TPSA) is 62.2 Å². The lowest BCUT2D eigenvalue weighted by atomic mass is 10.2. The summed E-state index contributed by atoms with van der Waals surface area (Å²) in [4.78, 5) is 15.5. The van der Waals surface area contributed by atoms with Crippen molar-refractivity contribution in [1.29, 1.82) is 0 Å². The molecule has 0 aromatic carbocycles. The van der Waals surface area contributed by atoms with Gasteiger partial charge in [-0.25, -0.2) is 4.98 Å². The second kappa shape index (κ2) is 5.96. The van der Waals surface area contributed by atoms with Crippen LogP contribution >= 0.6 is 15.9 Å². The largest absolute Gasteiger partial charge is 0.393 e. The van der Waals surface area contributed by atoms with Gasteiger partial charge in [0.1, 0.15) is 4.60 Å². The van der Waals surface area contributed by atoms with Crippen LogP contribution in [0, 0.1) is 6.92 Å². The second-order valence-electron chi connectivity index (χ2n) is 3.77. The van der Waals surface area contributed by atoms with Crippen molar-refractivity contribution >= 4 is 27.5 Å². The minimum Gasteiger partial charge on any atom is -0.393 e. The molecule has 88 valence electrons. The van der Waals surface area contributed by atoms with Crippen LogP contribution < -0.4 is 5.32 Å². The number of carbonyl (C=O) groups excluding carboxylic acids is 1. The highest BCUT2D eigenvalue weighted by atomic mass is 79.9. The predicted octanol–water partition coefficient (Wildman–Crippen LogP) is 2.25. The van der Waals surface area contributed by atoms with Crippen LogP contribution in [0.4, 0.5) is 5.69 Å². The summed E-state index contributed by atoms with van der Waals surface area (Å²) in [7, 11) is 0. The molecule has 16 heavy (non-hydrogen) atoms. The average Bonchev–Trinajstić information content (AvgIpc) is 2.21. The first kappa shape index (κ1) is 13.1. The van der Waals surface area contributed by atoms with Gasteiger partial charge in [0, 0.05) is 6.42 Å². The third-order valence-electron chi connectivity index (χ3n) is 2.09. The highest BCUT2D eigenvalue weighted by Crippen LogP contribution is 2.16. The molecule has 1 heterocycles. The van der Waals surface area contributed by atoms with Gasteiger partial charge in [-0.3, -0.25) is 4.79 Å². The fourth-order valence-electron chi connectivity index (χ4n) is 1.19. The number of hydrogen-bond acceptors (Lipinski definition) is 3. The van der Waals surface area contributed by atoms with Gasteiger partial charge in [0.2, 0.25) is 5.91 Å². The van der Waals surface area contributed by atoms with E-state index in [0.717, 1.165) is 10.2 Å². The first-order valence-electron chi connectivity index (χ1n) is 5.09. The SMILES string of the molecule is Cc1cc(NC(=O)CCC(C)O)cnc1Br. The molecule has 1 atom stereocenters. The zero-order chi connectivity index (χ0) is 12.1. The normalized spacial score (nSPS) is 12.2. The van der Waals surface area contributed by atoms with E-state index in [0.29, 0.717) is 18.5 Å². The van der Waals surface area contributed by atoms with Crippen molar-refractivity contribution < 1.29 is 9.90 Å². The molecule has 0 saturated heterocycles. The van der Waals surface area contributed by atoms with Crippen molar-refractivity contribution in [3.8, 4) is 0 Å². The number of anilines is 1. The molecule has 2 N–H and O–H groups in total. The van der Waals surface area contributed by atoms with Crippen molar-refractivity contribution in [2.24, 2.45) is 0 Å². The lowest BCUT2D eigenvalue weighted by Gasteiger charge is -2.07. The Morgan fingerprint density at radius 2 is 2.38 bits per heavy atom. The van der Waals surface area contributed by atoms with Crippen LogP contribution in [0.5, 0.6) is 0 Å². The maximum atomic E-state index is 11.5. The Morgan fingerprint density at radius 3 is 2.94 bits per heavy atom. The summed E-state index contributed by atoms with van der Waals surface area (Å²) < 4.78 is 0.773. The van der Waals surface area contributed by atoms with Gasteiger partial charge >= 0.3 is 0 Å². The number of aliphatic hydroxyl groups is 1. The van der Waals surface area contributed by atoms with E-state index in [1.54, 1.807) is 13.1 Å². The van der Waals surface area contributed by atoms with E-state index in [9.17, 15) is 4.79 Å². The molecule has 0 aliphatic carbocycles. The molecule has 4 nitrogen and oxygen atoms in total. The third kappa shape index (κ3) is 4.28. The molecule has 1 rings (SSSR count). The van der Waals surface area contributed by atoms with E-state index in [1.165, 1.54) is 0 Å². The van der Waals surface area contributed by atoms with E-state index < -0.39 is 6.10 Å². The maximum absolute atomic E-state index is 11.5. The van der Waals surface area contributed by atoms with Crippen molar-refractivity contribution in [2.75, 3.05) is 5.32 Å². The Bertz CT molecular complexity index is 380. The van der Waals surface area contributed by atoms with Gasteiger partial charge in [-0.05, 0) is 47.8 Å². The molecule has 1 unspecified atom stereocenters. The van der Waals surface area contributed by atoms with Crippen LogP contribution in [0.25, 0.3) is 0 Å². The minimum atomic E-state index is -0.449. The predicted molar refractivity (Wildman–Crippen MR) is 66.2 cm³/mol. The molecule has 0 aliphatic rings. The lowest BCUT2D eigenvalue weighted by molar-refractivity contribution is -0.116. The van der Waals surface area contributed by atoms with Crippen LogP contribution in [-0.4, -0.2) is 22.1 Å². The van der Waals surface area contributed by atoms with Crippen molar-refractivity contribution in [3.63, 3.8) is 0 Å². The van der Waals surface area contributed by atoms with Gasteiger partial charge < -0.3 is 10.4 Å². The molecule has 0 fully saturated rings. The van der Waals surface area contributed by atoms with Crippen LogP contribution in [0.2, 0.25) is 0 Å². The summed E-state index contributed by atoms with van der Waals surface area (Å²) in [5.41, 5.74) is 1.64. The molecule has 1 amide bonds. The van der Waals surface area contributed by atoms with Crippen molar-refractivity contribution in [1.82, 2.24) is 4.98 Å². The highest BCUT2D eigenvalue weighted by Gasteiger charge is 2.06. The molecule has 5 heteroatoms. The Kier molecular flexibility index (Phi) is 4.89. The Hall–Kier alpha value is -0.940. The number of aromatic nitrogens is 1. The molecular formula is C11H15BrN2O2. The number of rotatable bonds is 4. The number of amides is 1. The summed E-state index contributed by atoms with van der Waals surface area (Å²) in [5.74, 6) is -0.107. The monoisotopic (exact) mass is 286 g/mol. The van der Waals surface area contributed by atoms with Gasteiger partial charge in [0.25, 0.3) is 0 Å². The summed E-state index contributed by atoms with van der Waals surface area (Å²) >= 11 is 3.29. The Balaban J connectivity index is 2.53. The number of pyridine rings is 1. The molecule has 1 aromatic heterocycles. The van der Waals surface area contributed by atoms with Crippen LogP contribution in [0.15, 0.2) is 16.9 Å². The first-order chi connectivity index (χ1) is 7.49. The zero-order valence-electron chi connectivity index (χ0n) is 9.33. The number of carbonyl (C=O) groups is 1. The minimum absolute atomic E-state index is 0.107. The fourth-order valence-corrected chi connectivity index (χ4v) is 1.41. The van der Waals surface area contributed by atoms with Gasteiger partial charge in [0.15, 0.2) is 0 Å². The van der Waals surface area contributed by atoms with Gasteiger partial charge in [0.05, 0.1) is 18.0 Å². The van der Waals surface area contributed by atoms with Crippen LogP contribution in [0.1, 0.15) is 25.3 Å². The number of aliphatic hydroxyl groups excluding tert-OH is 1. The van der Waals surface area contributed by atoms with Crippen LogP contribution in [-0.2, 0) is 4.79 Å². The summed E-state index contributed by atoms with van der Waals surface area (Å²) in [6, 6.07) is 1.84. The Morgan fingerprint density at radius 1 is 1.69 bits per heavy atom. The first-order valence-corrected chi connectivity index (χ1v) is 5.88. The number of nitrogens with zero attached hydrogens (tertiary/aromatic N) is 1. The second-order valence-corrected chi connectivity index (χ2v) is 4.52. The molecule has 1 aromatic rings. The molecule has 0 saturated carbocycles.